The first-order valence-corrected chi connectivity index (χ1v) is 33.4. The van der Waals surface area contributed by atoms with Crippen LogP contribution in [0.15, 0.2) is 0 Å². The first kappa shape index (κ1) is 71.4. The molecular formula is C67H130O6. The second-order valence-corrected chi connectivity index (χ2v) is 23.6. The summed E-state index contributed by atoms with van der Waals surface area (Å²) in [6.45, 7) is 9.11. The van der Waals surface area contributed by atoms with Crippen LogP contribution < -0.4 is 0 Å². The van der Waals surface area contributed by atoms with Gasteiger partial charge in [-0.1, -0.05) is 349 Å². The van der Waals surface area contributed by atoms with E-state index in [1.54, 1.807) is 0 Å². The predicted octanol–water partition coefficient (Wildman–Crippen LogP) is 22.5. The van der Waals surface area contributed by atoms with Gasteiger partial charge in [0, 0.05) is 19.3 Å². The van der Waals surface area contributed by atoms with Gasteiger partial charge in [-0.15, -0.1) is 0 Å². The number of unbranched alkanes of at least 4 members (excludes halogenated alkanes) is 49. The third-order valence-electron chi connectivity index (χ3n) is 15.5. The van der Waals surface area contributed by atoms with Crippen molar-refractivity contribution in [3.8, 4) is 0 Å². The smallest absolute Gasteiger partial charge is 0.306 e. The van der Waals surface area contributed by atoms with E-state index < -0.39 is 6.10 Å². The number of carbonyl (C=O) groups excluding carboxylic acids is 3. The second-order valence-electron chi connectivity index (χ2n) is 23.6. The van der Waals surface area contributed by atoms with Crippen molar-refractivity contribution >= 4 is 17.9 Å². The summed E-state index contributed by atoms with van der Waals surface area (Å²) in [4.78, 5) is 38.4. The zero-order chi connectivity index (χ0) is 53.0. The Labute approximate surface area is 457 Å². The van der Waals surface area contributed by atoms with Gasteiger partial charge in [-0.3, -0.25) is 14.4 Å². The van der Waals surface area contributed by atoms with E-state index in [-0.39, 0.29) is 31.1 Å². The summed E-state index contributed by atoms with van der Waals surface area (Å²) >= 11 is 0. The van der Waals surface area contributed by atoms with Crippen LogP contribution in [-0.2, 0) is 28.6 Å². The summed E-state index contributed by atoms with van der Waals surface area (Å²) < 4.78 is 17.0. The molecule has 0 aromatic heterocycles. The van der Waals surface area contributed by atoms with Crippen LogP contribution in [0.25, 0.3) is 0 Å². The van der Waals surface area contributed by atoms with Crippen molar-refractivity contribution in [3.05, 3.63) is 0 Å². The molecule has 0 radical (unpaired) electrons. The van der Waals surface area contributed by atoms with Crippen LogP contribution in [-0.4, -0.2) is 37.2 Å². The van der Waals surface area contributed by atoms with E-state index in [2.05, 4.69) is 27.7 Å². The molecule has 73 heavy (non-hydrogen) atoms. The summed E-state index contributed by atoms with van der Waals surface area (Å²) in [5.41, 5.74) is 0. The SMILES string of the molecule is CCCCCCCCCCCCCCCCCCCCCC(=O)OC[C@H](COC(=O)CCCCCCCCCCCCCCCCC)OC(=O)CCCCCCCCCCCCCCCCCCCCC(C)C. The van der Waals surface area contributed by atoms with Gasteiger partial charge in [0.25, 0.3) is 0 Å². The van der Waals surface area contributed by atoms with Gasteiger partial charge < -0.3 is 14.2 Å². The van der Waals surface area contributed by atoms with Crippen molar-refractivity contribution in [2.45, 2.75) is 393 Å². The van der Waals surface area contributed by atoms with Gasteiger partial charge in [-0.2, -0.15) is 0 Å². The summed E-state index contributed by atoms with van der Waals surface area (Å²) in [5, 5.41) is 0. The number of carbonyl (C=O) groups is 3. The molecule has 0 aliphatic heterocycles. The van der Waals surface area contributed by atoms with E-state index in [0.29, 0.717) is 19.3 Å². The molecule has 6 nitrogen and oxygen atoms in total. The van der Waals surface area contributed by atoms with Crippen LogP contribution in [0.1, 0.15) is 387 Å². The summed E-state index contributed by atoms with van der Waals surface area (Å²) in [7, 11) is 0. The standard InChI is InChI=1S/C67H130O6/c1-5-7-9-11-13-15-17-19-21-22-23-27-31-35-39-43-47-51-55-59-66(69)72-62-64(61-71-65(68)58-54-50-46-42-38-34-29-20-18-16-14-12-10-8-6-2)73-67(70)60-56-52-48-44-40-36-32-28-25-24-26-30-33-37-41-45-49-53-57-63(3)4/h63-64H,5-62H2,1-4H3/t64-/m0/s1. The molecule has 0 unspecified atom stereocenters. The number of esters is 3. The second kappa shape index (κ2) is 61.3. The molecule has 0 heterocycles. The van der Waals surface area contributed by atoms with E-state index in [1.807, 2.05) is 0 Å². The fraction of sp³-hybridized carbons (Fsp3) is 0.955. The lowest BCUT2D eigenvalue weighted by molar-refractivity contribution is -0.167. The third-order valence-corrected chi connectivity index (χ3v) is 15.5. The average molecular weight is 1030 g/mol. The quantitative estimate of drug-likeness (QED) is 0.0343. The summed E-state index contributed by atoms with van der Waals surface area (Å²) in [6, 6.07) is 0. The maximum Gasteiger partial charge on any atom is 0.306 e. The van der Waals surface area contributed by atoms with Crippen molar-refractivity contribution in [2.24, 2.45) is 5.92 Å². The highest BCUT2D eigenvalue weighted by molar-refractivity contribution is 5.71. The molecule has 0 amide bonds. The molecular weight excluding hydrogens is 901 g/mol. The molecule has 0 bridgehead atoms. The molecule has 6 heteroatoms. The van der Waals surface area contributed by atoms with Gasteiger partial charge in [0.15, 0.2) is 6.10 Å². The Morgan fingerprint density at radius 3 is 0.671 bits per heavy atom. The lowest BCUT2D eigenvalue weighted by Gasteiger charge is -2.18. The van der Waals surface area contributed by atoms with Crippen LogP contribution in [0.2, 0.25) is 0 Å². The van der Waals surface area contributed by atoms with E-state index in [4.69, 9.17) is 14.2 Å². The van der Waals surface area contributed by atoms with Gasteiger partial charge in [0.1, 0.15) is 13.2 Å². The van der Waals surface area contributed by atoms with E-state index in [1.165, 1.54) is 283 Å². The highest BCUT2D eigenvalue weighted by atomic mass is 16.6. The van der Waals surface area contributed by atoms with E-state index in [0.717, 1.165) is 63.7 Å². The Kier molecular flexibility index (Phi) is 59.9. The number of ether oxygens (including phenoxy) is 3. The van der Waals surface area contributed by atoms with Crippen LogP contribution in [0.4, 0.5) is 0 Å². The highest BCUT2D eigenvalue weighted by Crippen LogP contribution is 2.19. The topological polar surface area (TPSA) is 78.9 Å². The molecule has 0 saturated carbocycles. The minimum atomic E-state index is -0.763. The van der Waals surface area contributed by atoms with Crippen LogP contribution in [0, 0.1) is 5.92 Å². The van der Waals surface area contributed by atoms with Gasteiger partial charge in [0.05, 0.1) is 0 Å². The molecule has 0 saturated heterocycles. The first-order chi connectivity index (χ1) is 35.9. The zero-order valence-electron chi connectivity index (χ0n) is 50.1. The molecule has 0 aromatic carbocycles. The molecule has 0 fully saturated rings. The maximum absolute atomic E-state index is 12.9. The predicted molar refractivity (Wildman–Crippen MR) is 317 cm³/mol. The van der Waals surface area contributed by atoms with Crippen LogP contribution in [0.5, 0.6) is 0 Å². The Balaban J connectivity index is 4.26. The number of hydrogen-bond acceptors (Lipinski definition) is 6. The third kappa shape index (κ3) is 61.1. The summed E-state index contributed by atoms with van der Waals surface area (Å²) in [6.07, 6.45) is 69.7. The van der Waals surface area contributed by atoms with Crippen molar-refractivity contribution in [1.29, 1.82) is 0 Å². The monoisotopic (exact) mass is 1030 g/mol. The molecule has 0 N–H and O–H groups in total. The fourth-order valence-electron chi connectivity index (χ4n) is 10.5. The number of hydrogen-bond donors (Lipinski definition) is 0. The minimum Gasteiger partial charge on any atom is -0.462 e. The summed E-state index contributed by atoms with van der Waals surface area (Å²) in [5.74, 6) is 0.0343. The minimum absolute atomic E-state index is 0.0608. The normalized spacial score (nSPS) is 12.0. The lowest BCUT2D eigenvalue weighted by Crippen LogP contribution is -2.30. The zero-order valence-corrected chi connectivity index (χ0v) is 50.1. The van der Waals surface area contributed by atoms with Crippen molar-refractivity contribution in [2.75, 3.05) is 13.2 Å². The Hall–Kier alpha value is -1.59. The van der Waals surface area contributed by atoms with Crippen molar-refractivity contribution < 1.29 is 28.6 Å². The van der Waals surface area contributed by atoms with Crippen LogP contribution in [0.3, 0.4) is 0 Å². The molecule has 0 rings (SSSR count). The van der Waals surface area contributed by atoms with Gasteiger partial charge in [-0.05, 0) is 25.2 Å². The molecule has 434 valence electrons. The van der Waals surface area contributed by atoms with Gasteiger partial charge in [-0.25, -0.2) is 0 Å². The molecule has 0 aliphatic carbocycles. The van der Waals surface area contributed by atoms with E-state index >= 15 is 0 Å². The fourth-order valence-corrected chi connectivity index (χ4v) is 10.5. The van der Waals surface area contributed by atoms with Crippen LogP contribution >= 0.6 is 0 Å². The molecule has 1 atom stereocenters. The highest BCUT2D eigenvalue weighted by Gasteiger charge is 2.19. The number of rotatable bonds is 62. The Morgan fingerprint density at radius 1 is 0.260 bits per heavy atom. The Morgan fingerprint density at radius 2 is 0.452 bits per heavy atom. The maximum atomic E-state index is 12.9. The molecule has 0 aromatic rings. The van der Waals surface area contributed by atoms with Gasteiger partial charge >= 0.3 is 17.9 Å². The largest absolute Gasteiger partial charge is 0.462 e. The molecule has 0 aliphatic rings. The molecule has 0 spiro atoms. The average Bonchev–Trinajstić information content (AvgIpc) is 3.38. The van der Waals surface area contributed by atoms with Gasteiger partial charge in [0.2, 0.25) is 0 Å². The lowest BCUT2D eigenvalue weighted by atomic mass is 10.0. The Bertz CT molecular complexity index is 1110. The van der Waals surface area contributed by atoms with Crippen molar-refractivity contribution in [1.82, 2.24) is 0 Å². The van der Waals surface area contributed by atoms with E-state index in [9.17, 15) is 14.4 Å². The first-order valence-electron chi connectivity index (χ1n) is 33.4. The van der Waals surface area contributed by atoms with Crippen molar-refractivity contribution in [3.63, 3.8) is 0 Å².